The van der Waals surface area contributed by atoms with Crippen molar-refractivity contribution in [3.8, 4) is 0 Å². The Hall–Kier alpha value is -0.0400. The van der Waals surface area contributed by atoms with Crippen LogP contribution in [0.1, 0.15) is 103 Å². The Morgan fingerprint density at radius 1 is 0.667 bits per heavy atom. The number of nitrogens with zero attached hydrogens (tertiary/aromatic N) is 1. The Labute approximate surface area is 135 Å². The molecule has 1 heteroatoms. The third-order valence-electron chi connectivity index (χ3n) is 4.66. The molecule has 0 spiro atoms. The Kier molecular flexibility index (Phi) is 16.3. The smallest absolute Gasteiger partial charge is 0.00891 e. The van der Waals surface area contributed by atoms with Gasteiger partial charge in [-0.05, 0) is 26.9 Å². The van der Waals surface area contributed by atoms with Crippen LogP contribution in [0.3, 0.4) is 0 Å². The van der Waals surface area contributed by atoms with Crippen LogP contribution >= 0.6 is 0 Å². The van der Waals surface area contributed by atoms with Crippen LogP contribution in [-0.4, -0.2) is 25.0 Å². The van der Waals surface area contributed by atoms with E-state index in [1.165, 1.54) is 89.9 Å². The molecule has 0 aliphatic carbocycles. The highest BCUT2D eigenvalue weighted by Gasteiger charge is 2.10. The van der Waals surface area contributed by atoms with E-state index in [4.69, 9.17) is 0 Å². The third kappa shape index (κ3) is 14.7. The van der Waals surface area contributed by atoms with E-state index in [2.05, 4.69) is 32.8 Å². The van der Waals surface area contributed by atoms with Gasteiger partial charge in [0.1, 0.15) is 0 Å². The Bertz CT molecular complexity index is 188. The molecule has 0 bridgehead atoms. The van der Waals surface area contributed by atoms with Gasteiger partial charge in [0.2, 0.25) is 0 Å². The lowest BCUT2D eigenvalue weighted by Gasteiger charge is -2.24. The fraction of sp³-hybridized carbons (Fsp3) is 0.950. The second-order valence-corrected chi connectivity index (χ2v) is 6.94. The SMILES string of the molecule is [CH2]CCCCCCC(CCCCCCCCCC)N(C)C. The molecule has 0 amide bonds. The Morgan fingerprint density at radius 3 is 1.52 bits per heavy atom. The van der Waals surface area contributed by atoms with Crippen LogP contribution in [0.2, 0.25) is 0 Å². The van der Waals surface area contributed by atoms with Crippen molar-refractivity contribution < 1.29 is 0 Å². The molecule has 1 atom stereocenters. The topological polar surface area (TPSA) is 3.24 Å². The molecule has 0 fully saturated rings. The van der Waals surface area contributed by atoms with Gasteiger partial charge in [-0.2, -0.15) is 0 Å². The summed E-state index contributed by atoms with van der Waals surface area (Å²) in [6.45, 7) is 6.21. The number of hydrogen-bond donors (Lipinski definition) is 0. The van der Waals surface area contributed by atoms with Crippen LogP contribution in [0, 0.1) is 6.92 Å². The molecule has 0 rings (SSSR count). The van der Waals surface area contributed by atoms with Crippen molar-refractivity contribution >= 4 is 0 Å². The summed E-state index contributed by atoms with van der Waals surface area (Å²) >= 11 is 0. The van der Waals surface area contributed by atoms with E-state index in [-0.39, 0.29) is 0 Å². The van der Waals surface area contributed by atoms with Crippen LogP contribution in [-0.2, 0) is 0 Å². The van der Waals surface area contributed by atoms with Crippen LogP contribution < -0.4 is 0 Å². The Morgan fingerprint density at radius 2 is 1.10 bits per heavy atom. The summed E-state index contributed by atoms with van der Waals surface area (Å²) in [5.41, 5.74) is 0. The first-order chi connectivity index (χ1) is 10.2. The normalized spacial score (nSPS) is 13.0. The van der Waals surface area contributed by atoms with Gasteiger partial charge in [-0.15, -0.1) is 0 Å². The molecule has 1 unspecified atom stereocenters. The maximum absolute atomic E-state index is 3.92. The van der Waals surface area contributed by atoms with Crippen molar-refractivity contribution in [2.45, 2.75) is 109 Å². The number of unbranched alkanes of at least 4 members (excludes halogenated alkanes) is 11. The van der Waals surface area contributed by atoms with Crippen molar-refractivity contribution in [3.05, 3.63) is 6.92 Å². The van der Waals surface area contributed by atoms with Crippen molar-refractivity contribution in [1.29, 1.82) is 0 Å². The van der Waals surface area contributed by atoms with Crippen molar-refractivity contribution in [1.82, 2.24) is 4.90 Å². The summed E-state index contributed by atoms with van der Waals surface area (Å²) in [5, 5.41) is 0. The highest BCUT2D eigenvalue weighted by molar-refractivity contribution is 4.66. The largest absolute Gasteiger partial charge is 0.306 e. The van der Waals surface area contributed by atoms with Gasteiger partial charge in [0, 0.05) is 6.04 Å². The van der Waals surface area contributed by atoms with E-state index in [0.29, 0.717) is 0 Å². The first-order valence-electron chi connectivity index (χ1n) is 9.68. The molecule has 0 aromatic carbocycles. The highest BCUT2D eigenvalue weighted by atomic mass is 15.1. The molecule has 0 aliphatic rings. The summed E-state index contributed by atoms with van der Waals surface area (Å²) in [5.74, 6) is 0. The Balaban J connectivity index is 3.47. The maximum atomic E-state index is 3.92. The molecule has 0 aliphatic heterocycles. The van der Waals surface area contributed by atoms with Crippen LogP contribution in [0.5, 0.6) is 0 Å². The molecule has 0 saturated heterocycles. The van der Waals surface area contributed by atoms with Crippen molar-refractivity contribution in [2.24, 2.45) is 0 Å². The molecular formula is C20H42N. The standard InChI is InChI=1S/C20H42N/c1-5-7-9-11-12-13-15-17-19-20(21(3)4)18-16-14-10-8-6-2/h20H,2,5-19H2,1,3-4H3. The molecule has 0 heterocycles. The first kappa shape index (κ1) is 21.0. The van der Waals surface area contributed by atoms with E-state index in [9.17, 15) is 0 Å². The molecule has 21 heavy (non-hydrogen) atoms. The number of hydrogen-bond acceptors (Lipinski definition) is 1. The molecule has 0 aromatic heterocycles. The lowest BCUT2D eigenvalue weighted by molar-refractivity contribution is 0.251. The van der Waals surface area contributed by atoms with Crippen LogP contribution in [0.25, 0.3) is 0 Å². The summed E-state index contributed by atoms with van der Waals surface area (Å²) in [7, 11) is 4.51. The van der Waals surface area contributed by atoms with Crippen LogP contribution in [0.15, 0.2) is 0 Å². The van der Waals surface area contributed by atoms with Gasteiger partial charge in [0.25, 0.3) is 0 Å². The number of rotatable bonds is 16. The van der Waals surface area contributed by atoms with Crippen molar-refractivity contribution in [3.63, 3.8) is 0 Å². The summed E-state index contributed by atoms with van der Waals surface area (Å²) in [4.78, 5) is 2.45. The maximum Gasteiger partial charge on any atom is 0.00891 e. The average molecular weight is 297 g/mol. The van der Waals surface area contributed by atoms with Gasteiger partial charge in [-0.25, -0.2) is 0 Å². The average Bonchev–Trinajstić information content (AvgIpc) is 2.47. The first-order valence-corrected chi connectivity index (χ1v) is 9.68. The van der Waals surface area contributed by atoms with Gasteiger partial charge >= 0.3 is 0 Å². The van der Waals surface area contributed by atoms with E-state index < -0.39 is 0 Å². The molecule has 0 N–H and O–H groups in total. The van der Waals surface area contributed by atoms with Gasteiger partial charge in [-0.3, -0.25) is 0 Å². The summed E-state index contributed by atoms with van der Waals surface area (Å²) < 4.78 is 0. The summed E-state index contributed by atoms with van der Waals surface area (Å²) in [6, 6.07) is 0.810. The second-order valence-electron chi connectivity index (χ2n) is 6.94. The lowest BCUT2D eigenvalue weighted by atomic mass is 9.99. The molecule has 0 saturated carbocycles. The molecule has 0 aromatic rings. The van der Waals surface area contributed by atoms with Gasteiger partial charge in [0.05, 0.1) is 0 Å². The fourth-order valence-electron chi connectivity index (χ4n) is 3.08. The highest BCUT2D eigenvalue weighted by Crippen LogP contribution is 2.17. The zero-order chi connectivity index (χ0) is 15.8. The molecule has 1 radical (unpaired) electrons. The monoisotopic (exact) mass is 296 g/mol. The van der Waals surface area contributed by atoms with Crippen molar-refractivity contribution in [2.75, 3.05) is 14.1 Å². The summed E-state index contributed by atoms with van der Waals surface area (Å²) in [6.07, 6.45) is 20.9. The zero-order valence-corrected chi connectivity index (χ0v) is 15.3. The minimum Gasteiger partial charge on any atom is -0.306 e. The third-order valence-corrected chi connectivity index (χ3v) is 4.66. The van der Waals surface area contributed by atoms with Gasteiger partial charge in [-0.1, -0.05) is 97.3 Å². The van der Waals surface area contributed by atoms with Gasteiger partial charge in [0.15, 0.2) is 0 Å². The minimum absolute atomic E-state index is 0.810. The van der Waals surface area contributed by atoms with E-state index in [1.54, 1.807) is 0 Å². The predicted octanol–water partition coefficient (Wildman–Crippen LogP) is 6.62. The molecule has 127 valence electrons. The second kappa shape index (κ2) is 16.3. The van der Waals surface area contributed by atoms with E-state index in [1.807, 2.05) is 0 Å². The quantitative estimate of drug-likeness (QED) is 0.289. The lowest BCUT2D eigenvalue weighted by Crippen LogP contribution is -2.27. The minimum atomic E-state index is 0.810. The molecule has 1 nitrogen and oxygen atoms in total. The predicted molar refractivity (Wildman–Crippen MR) is 97.8 cm³/mol. The van der Waals surface area contributed by atoms with Crippen LogP contribution in [0.4, 0.5) is 0 Å². The van der Waals surface area contributed by atoms with Gasteiger partial charge < -0.3 is 4.90 Å². The van der Waals surface area contributed by atoms with E-state index >= 15 is 0 Å². The van der Waals surface area contributed by atoms with E-state index in [0.717, 1.165) is 12.5 Å². The molecular weight excluding hydrogens is 254 g/mol. The fourth-order valence-corrected chi connectivity index (χ4v) is 3.08. The zero-order valence-electron chi connectivity index (χ0n) is 15.3.